The van der Waals surface area contributed by atoms with Crippen molar-refractivity contribution < 1.29 is 9.18 Å². The van der Waals surface area contributed by atoms with Crippen LogP contribution in [0.2, 0.25) is 0 Å². The summed E-state index contributed by atoms with van der Waals surface area (Å²) in [5.41, 5.74) is 1.18. The van der Waals surface area contributed by atoms with Crippen molar-refractivity contribution >= 4 is 11.6 Å². The third kappa shape index (κ3) is 1.64. The maximum atomic E-state index is 13.1. The highest BCUT2D eigenvalue weighted by molar-refractivity contribution is 6.01. The van der Waals surface area contributed by atoms with Gasteiger partial charge in [0.15, 0.2) is 0 Å². The van der Waals surface area contributed by atoms with E-state index in [2.05, 4.69) is 16.6 Å². The predicted molar refractivity (Wildman–Crippen MR) is 55.2 cm³/mol. The quantitative estimate of drug-likeness (QED) is 0.618. The lowest BCUT2D eigenvalue weighted by Crippen LogP contribution is -2.24. The number of rotatable bonds is 0. The molecule has 0 radical (unpaired) electrons. The van der Waals surface area contributed by atoms with E-state index in [0.29, 0.717) is 24.3 Å². The number of amides is 1. The number of anilines is 1. The molecule has 1 amide bonds. The fourth-order valence-electron chi connectivity index (χ4n) is 1.55. The molecule has 1 aliphatic rings. The van der Waals surface area contributed by atoms with Gasteiger partial charge < -0.3 is 10.6 Å². The van der Waals surface area contributed by atoms with Gasteiger partial charge in [-0.1, -0.05) is 5.92 Å². The van der Waals surface area contributed by atoms with E-state index in [9.17, 15) is 9.18 Å². The van der Waals surface area contributed by atoms with Crippen LogP contribution in [0.5, 0.6) is 0 Å². The third-order valence-corrected chi connectivity index (χ3v) is 2.22. The predicted octanol–water partition coefficient (Wildman–Crippen LogP) is 0.962. The summed E-state index contributed by atoms with van der Waals surface area (Å²) in [6.07, 6.45) is 5.25. The first-order chi connectivity index (χ1) is 7.22. The summed E-state index contributed by atoms with van der Waals surface area (Å²) < 4.78 is 13.1. The molecule has 0 unspecified atom stereocenters. The van der Waals surface area contributed by atoms with Crippen molar-refractivity contribution in [2.45, 2.75) is 0 Å². The van der Waals surface area contributed by atoms with Gasteiger partial charge in [0.25, 0.3) is 5.91 Å². The van der Waals surface area contributed by atoms with E-state index in [1.165, 1.54) is 12.1 Å². The molecule has 0 atom stereocenters. The van der Waals surface area contributed by atoms with Crippen molar-refractivity contribution in [3.8, 4) is 12.3 Å². The van der Waals surface area contributed by atoms with Gasteiger partial charge in [0.05, 0.1) is 16.8 Å². The number of carbonyl (C=O) groups excluding carboxylic acids is 1. The smallest absolute Gasteiger partial charge is 0.253 e. The first-order valence-electron chi connectivity index (χ1n) is 4.54. The average molecular weight is 204 g/mol. The van der Waals surface area contributed by atoms with Crippen molar-refractivity contribution in [1.82, 2.24) is 5.32 Å². The Balaban J connectivity index is 2.64. The molecule has 0 spiro atoms. The lowest BCUT2D eigenvalue weighted by Gasteiger charge is -2.08. The van der Waals surface area contributed by atoms with Crippen LogP contribution >= 0.6 is 0 Å². The number of terminal acetylenes is 1. The van der Waals surface area contributed by atoms with Crippen LogP contribution in [0, 0.1) is 18.2 Å². The van der Waals surface area contributed by atoms with Crippen LogP contribution in [0.15, 0.2) is 12.1 Å². The van der Waals surface area contributed by atoms with Crippen LogP contribution in [0.25, 0.3) is 0 Å². The molecular formula is C11H9FN2O. The van der Waals surface area contributed by atoms with Gasteiger partial charge in [-0.3, -0.25) is 4.79 Å². The minimum atomic E-state index is -0.499. The highest BCUT2D eigenvalue weighted by Crippen LogP contribution is 2.23. The molecule has 0 saturated carbocycles. The fraction of sp³-hybridized carbons (Fsp3) is 0.182. The third-order valence-electron chi connectivity index (χ3n) is 2.22. The first-order valence-corrected chi connectivity index (χ1v) is 4.54. The molecule has 0 aromatic heterocycles. The Kier molecular flexibility index (Phi) is 2.30. The van der Waals surface area contributed by atoms with Gasteiger partial charge in [-0.25, -0.2) is 4.39 Å². The standard InChI is InChI=1S/C11H9FN2O/c1-2-7-5-8(12)6-9-10(7)13-3-4-14-11(9)15/h1,5-6,13H,3-4H2,(H,14,15). The largest absolute Gasteiger partial charge is 0.382 e. The molecule has 1 aromatic rings. The lowest BCUT2D eigenvalue weighted by atomic mass is 10.1. The SMILES string of the molecule is C#Cc1cc(F)cc2c1NCCNC2=O. The maximum Gasteiger partial charge on any atom is 0.253 e. The number of fused-ring (bicyclic) bond motifs is 1. The molecule has 0 fully saturated rings. The van der Waals surface area contributed by atoms with E-state index >= 15 is 0 Å². The topological polar surface area (TPSA) is 41.1 Å². The Labute approximate surface area is 86.7 Å². The number of hydrogen-bond donors (Lipinski definition) is 2. The molecule has 0 saturated heterocycles. The van der Waals surface area contributed by atoms with Crippen LogP contribution in [-0.2, 0) is 0 Å². The number of nitrogens with one attached hydrogen (secondary N) is 2. The molecule has 1 aromatic carbocycles. The Morgan fingerprint density at radius 2 is 2.07 bits per heavy atom. The highest BCUT2D eigenvalue weighted by Gasteiger charge is 2.18. The number of carbonyl (C=O) groups is 1. The first kappa shape index (κ1) is 9.53. The second-order valence-electron chi connectivity index (χ2n) is 3.20. The lowest BCUT2D eigenvalue weighted by molar-refractivity contribution is 0.0957. The molecule has 3 nitrogen and oxygen atoms in total. The monoisotopic (exact) mass is 204 g/mol. The minimum absolute atomic E-state index is 0.264. The van der Waals surface area contributed by atoms with Crippen molar-refractivity contribution in [2.75, 3.05) is 18.4 Å². The summed E-state index contributed by atoms with van der Waals surface area (Å²) in [5, 5.41) is 5.65. The molecule has 1 aliphatic heterocycles. The zero-order valence-electron chi connectivity index (χ0n) is 7.93. The number of benzene rings is 1. The molecule has 1 heterocycles. The fourth-order valence-corrected chi connectivity index (χ4v) is 1.55. The second kappa shape index (κ2) is 3.62. The van der Waals surface area contributed by atoms with E-state index in [4.69, 9.17) is 6.42 Å². The minimum Gasteiger partial charge on any atom is -0.382 e. The van der Waals surface area contributed by atoms with Gasteiger partial charge in [-0.15, -0.1) is 6.42 Å². The maximum absolute atomic E-state index is 13.1. The molecular weight excluding hydrogens is 195 g/mol. The number of halogens is 1. The number of hydrogen-bond acceptors (Lipinski definition) is 2. The van der Waals surface area contributed by atoms with Crippen molar-refractivity contribution in [1.29, 1.82) is 0 Å². The van der Waals surface area contributed by atoms with Crippen molar-refractivity contribution in [3.05, 3.63) is 29.1 Å². The van der Waals surface area contributed by atoms with Gasteiger partial charge in [0.2, 0.25) is 0 Å². The summed E-state index contributed by atoms with van der Waals surface area (Å²) in [6.45, 7) is 1.08. The normalized spacial score (nSPS) is 14.3. The Morgan fingerprint density at radius 3 is 2.80 bits per heavy atom. The second-order valence-corrected chi connectivity index (χ2v) is 3.20. The molecule has 2 rings (SSSR count). The summed E-state index contributed by atoms with van der Waals surface area (Å²) in [7, 11) is 0. The highest BCUT2D eigenvalue weighted by atomic mass is 19.1. The van der Waals surface area contributed by atoms with Crippen LogP contribution in [0.1, 0.15) is 15.9 Å². The Hall–Kier alpha value is -2.02. The summed E-state index contributed by atoms with van der Waals surface area (Å²) >= 11 is 0. The summed E-state index contributed by atoms with van der Waals surface area (Å²) in [5.74, 6) is 1.56. The van der Waals surface area contributed by atoms with Crippen LogP contribution in [-0.4, -0.2) is 19.0 Å². The average Bonchev–Trinajstić information content (AvgIpc) is 2.40. The molecule has 0 bridgehead atoms. The van der Waals surface area contributed by atoms with Crippen molar-refractivity contribution in [3.63, 3.8) is 0 Å². The van der Waals surface area contributed by atoms with Crippen LogP contribution in [0.4, 0.5) is 10.1 Å². The Morgan fingerprint density at radius 1 is 1.33 bits per heavy atom. The molecule has 76 valence electrons. The van der Waals surface area contributed by atoms with E-state index in [1.54, 1.807) is 0 Å². The Bertz CT molecular complexity index is 462. The van der Waals surface area contributed by atoms with E-state index < -0.39 is 5.82 Å². The molecule has 4 heteroatoms. The van der Waals surface area contributed by atoms with Crippen LogP contribution in [0.3, 0.4) is 0 Å². The molecule has 0 aliphatic carbocycles. The van der Waals surface area contributed by atoms with Gasteiger partial charge in [0.1, 0.15) is 5.82 Å². The van der Waals surface area contributed by atoms with Gasteiger partial charge in [-0.05, 0) is 12.1 Å². The summed E-state index contributed by atoms with van der Waals surface area (Å²) in [6, 6.07) is 2.42. The zero-order chi connectivity index (χ0) is 10.8. The van der Waals surface area contributed by atoms with Gasteiger partial charge in [0, 0.05) is 13.1 Å². The van der Waals surface area contributed by atoms with Gasteiger partial charge in [-0.2, -0.15) is 0 Å². The zero-order valence-corrected chi connectivity index (χ0v) is 7.93. The van der Waals surface area contributed by atoms with Gasteiger partial charge >= 0.3 is 0 Å². The molecule has 15 heavy (non-hydrogen) atoms. The van der Waals surface area contributed by atoms with E-state index in [0.717, 1.165) is 0 Å². The van der Waals surface area contributed by atoms with Crippen molar-refractivity contribution in [2.24, 2.45) is 0 Å². The van der Waals surface area contributed by atoms with Crippen LogP contribution < -0.4 is 10.6 Å². The summed E-state index contributed by atoms with van der Waals surface area (Å²) in [4.78, 5) is 11.5. The van der Waals surface area contributed by atoms with E-state index in [-0.39, 0.29) is 11.5 Å². The van der Waals surface area contributed by atoms with E-state index in [1.807, 2.05) is 0 Å². The molecule has 2 N–H and O–H groups in total.